The number of nitrogens with zero attached hydrogens (tertiary/aromatic N) is 2. The van der Waals surface area contributed by atoms with Gasteiger partial charge in [0, 0.05) is 11.9 Å². The van der Waals surface area contributed by atoms with Gasteiger partial charge >= 0.3 is 0 Å². The number of aromatic nitrogens is 3. The lowest BCUT2D eigenvalue weighted by molar-refractivity contribution is 0.0949. The van der Waals surface area contributed by atoms with Crippen molar-refractivity contribution in [1.29, 1.82) is 0 Å². The van der Waals surface area contributed by atoms with Crippen molar-refractivity contribution in [3.05, 3.63) is 53.9 Å². The molecule has 0 spiro atoms. The van der Waals surface area contributed by atoms with E-state index in [0.717, 1.165) is 28.5 Å². The molecule has 0 bridgehead atoms. The summed E-state index contributed by atoms with van der Waals surface area (Å²) in [6.07, 6.45) is 2.13. The van der Waals surface area contributed by atoms with Crippen LogP contribution in [0.5, 0.6) is 5.75 Å². The number of ether oxygens (including phenoxy) is 1. The average Bonchev–Trinajstić information content (AvgIpc) is 3.09. The van der Waals surface area contributed by atoms with Crippen molar-refractivity contribution in [1.82, 2.24) is 20.7 Å². The summed E-state index contributed by atoms with van der Waals surface area (Å²) in [5, 5.41) is 14.8. The van der Waals surface area contributed by atoms with Crippen molar-refractivity contribution in [2.45, 2.75) is 6.42 Å². The number of carbonyl (C=O) groups is 1. The van der Waals surface area contributed by atoms with Crippen molar-refractivity contribution in [3.8, 4) is 5.75 Å². The third-order valence-corrected chi connectivity index (χ3v) is 3.52. The van der Waals surface area contributed by atoms with Gasteiger partial charge in [0.2, 0.25) is 0 Å². The molecule has 0 aliphatic carbocycles. The van der Waals surface area contributed by atoms with E-state index in [9.17, 15) is 4.79 Å². The Morgan fingerprint density at radius 3 is 2.77 bits per heavy atom. The predicted molar refractivity (Wildman–Crippen MR) is 82.9 cm³/mol. The van der Waals surface area contributed by atoms with Gasteiger partial charge in [0.25, 0.3) is 5.91 Å². The minimum atomic E-state index is -0.230. The van der Waals surface area contributed by atoms with Crippen molar-refractivity contribution in [2.75, 3.05) is 13.7 Å². The Balaban J connectivity index is 1.73. The highest BCUT2D eigenvalue weighted by atomic mass is 16.5. The second kappa shape index (κ2) is 6.26. The van der Waals surface area contributed by atoms with Gasteiger partial charge in [-0.1, -0.05) is 30.3 Å². The van der Waals surface area contributed by atoms with Gasteiger partial charge in [0.1, 0.15) is 5.75 Å². The minimum absolute atomic E-state index is 0.230. The summed E-state index contributed by atoms with van der Waals surface area (Å²) in [5.74, 6) is 0.623. The molecule has 2 aromatic carbocycles. The van der Waals surface area contributed by atoms with Gasteiger partial charge in [0.05, 0.1) is 13.3 Å². The van der Waals surface area contributed by atoms with E-state index in [4.69, 9.17) is 4.74 Å². The van der Waals surface area contributed by atoms with E-state index in [2.05, 4.69) is 26.8 Å². The second-order valence-electron chi connectivity index (χ2n) is 4.83. The lowest BCUT2D eigenvalue weighted by atomic mass is 10.0. The molecule has 0 unspecified atom stereocenters. The molecule has 22 heavy (non-hydrogen) atoms. The molecular formula is C16H16N4O2. The monoisotopic (exact) mass is 296 g/mol. The first-order valence-corrected chi connectivity index (χ1v) is 6.98. The molecule has 1 amide bonds. The summed E-state index contributed by atoms with van der Waals surface area (Å²) in [6, 6.07) is 12.1. The average molecular weight is 296 g/mol. The third-order valence-electron chi connectivity index (χ3n) is 3.52. The van der Waals surface area contributed by atoms with Crippen molar-refractivity contribution in [2.24, 2.45) is 0 Å². The van der Waals surface area contributed by atoms with Gasteiger partial charge in [-0.25, -0.2) is 0 Å². The topological polar surface area (TPSA) is 79.9 Å². The molecule has 6 nitrogen and oxygen atoms in total. The first kappa shape index (κ1) is 14.1. The van der Waals surface area contributed by atoms with Crippen LogP contribution in [-0.4, -0.2) is 35.0 Å². The van der Waals surface area contributed by atoms with Crippen molar-refractivity contribution in [3.63, 3.8) is 0 Å². The van der Waals surface area contributed by atoms with Crippen LogP contribution in [0.25, 0.3) is 10.8 Å². The Hall–Kier alpha value is -2.89. The number of aromatic amines is 1. The van der Waals surface area contributed by atoms with Crippen LogP contribution in [-0.2, 0) is 6.42 Å². The van der Waals surface area contributed by atoms with Gasteiger partial charge in [0.15, 0.2) is 5.69 Å². The largest absolute Gasteiger partial charge is 0.496 e. The van der Waals surface area contributed by atoms with Crippen LogP contribution in [0, 0.1) is 0 Å². The first-order chi connectivity index (χ1) is 10.8. The number of benzene rings is 2. The maximum atomic E-state index is 11.8. The summed E-state index contributed by atoms with van der Waals surface area (Å²) in [4.78, 5) is 11.8. The van der Waals surface area contributed by atoms with Crippen molar-refractivity contribution < 1.29 is 9.53 Å². The number of amides is 1. The lowest BCUT2D eigenvalue weighted by Gasteiger charge is -2.10. The number of H-pyrrole nitrogens is 1. The summed E-state index contributed by atoms with van der Waals surface area (Å²) < 4.78 is 5.39. The standard InChI is InChI=1S/C16H16N4O2/c1-22-15-7-6-11(12-4-2-3-5-13(12)15)8-9-17-16(21)14-10-18-20-19-14/h2-7,10H,8-9H2,1H3,(H,17,21)(H,18,19,20). The number of nitrogens with one attached hydrogen (secondary N) is 2. The molecule has 0 radical (unpaired) electrons. The number of carbonyl (C=O) groups excluding carboxylic acids is 1. The zero-order chi connectivity index (χ0) is 15.4. The molecule has 1 aromatic heterocycles. The molecule has 3 rings (SSSR count). The molecule has 0 aliphatic heterocycles. The van der Waals surface area contributed by atoms with E-state index in [1.165, 1.54) is 6.20 Å². The van der Waals surface area contributed by atoms with E-state index in [1.54, 1.807) is 7.11 Å². The summed E-state index contributed by atoms with van der Waals surface area (Å²) in [7, 11) is 1.67. The van der Waals surface area contributed by atoms with E-state index < -0.39 is 0 Å². The molecule has 0 saturated heterocycles. The number of methoxy groups -OCH3 is 1. The Labute approximate surface area is 127 Å². The van der Waals surface area contributed by atoms with Crippen LogP contribution < -0.4 is 10.1 Å². The Bertz CT molecular complexity index is 784. The Morgan fingerprint density at radius 2 is 2.05 bits per heavy atom. The molecule has 2 N–H and O–H groups in total. The van der Waals surface area contributed by atoms with Gasteiger partial charge in [-0.2, -0.15) is 15.4 Å². The van der Waals surface area contributed by atoms with Crippen LogP contribution in [0.15, 0.2) is 42.6 Å². The summed E-state index contributed by atoms with van der Waals surface area (Å²) in [6.45, 7) is 0.530. The normalized spacial score (nSPS) is 10.6. The Kier molecular flexibility index (Phi) is 4.00. The van der Waals surface area contributed by atoms with Crippen LogP contribution in [0.1, 0.15) is 16.1 Å². The quantitative estimate of drug-likeness (QED) is 0.754. The summed E-state index contributed by atoms with van der Waals surface area (Å²) >= 11 is 0. The fourth-order valence-corrected chi connectivity index (χ4v) is 2.44. The van der Waals surface area contributed by atoms with E-state index in [-0.39, 0.29) is 5.91 Å². The molecule has 6 heteroatoms. The fraction of sp³-hybridized carbons (Fsp3) is 0.188. The summed E-state index contributed by atoms with van der Waals surface area (Å²) in [5.41, 5.74) is 1.46. The number of rotatable bonds is 5. The Morgan fingerprint density at radius 1 is 1.23 bits per heavy atom. The number of fused-ring (bicyclic) bond motifs is 1. The molecule has 0 aliphatic rings. The highest BCUT2D eigenvalue weighted by molar-refractivity contribution is 5.92. The van der Waals surface area contributed by atoms with Crippen LogP contribution in [0.2, 0.25) is 0 Å². The van der Waals surface area contributed by atoms with Crippen molar-refractivity contribution >= 4 is 16.7 Å². The smallest absolute Gasteiger partial charge is 0.273 e. The third kappa shape index (κ3) is 2.76. The fourth-order valence-electron chi connectivity index (χ4n) is 2.44. The predicted octanol–water partition coefficient (Wildman–Crippen LogP) is 1.94. The van der Waals surface area contributed by atoms with E-state index >= 15 is 0 Å². The van der Waals surface area contributed by atoms with E-state index in [1.807, 2.05) is 30.3 Å². The highest BCUT2D eigenvalue weighted by Crippen LogP contribution is 2.28. The van der Waals surface area contributed by atoms with Gasteiger partial charge in [-0.3, -0.25) is 4.79 Å². The minimum Gasteiger partial charge on any atom is -0.496 e. The molecule has 0 atom stereocenters. The zero-order valence-electron chi connectivity index (χ0n) is 12.2. The number of hydrogen-bond acceptors (Lipinski definition) is 4. The zero-order valence-corrected chi connectivity index (χ0v) is 12.2. The molecule has 0 fully saturated rings. The number of hydrogen-bond donors (Lipinski definition) is 2. The van der Waals surface area contributed by atoms with Crippen LogP contribution in [0.4, 0.5) is 0 Å². The van der Waals surface area contributed by atoms with Gasteiger partial charge < -0.3 is 10.1 Å². The van der Waals surface area contributed by atoms with Gasteiger partial charge in [-0.05, 0) is 23.4 Å². The molecular weight excluding hydrogens is 280 g/mol. The SMILES string of the molecule is COc1ccc(CCNC(=O)c2cn[nH]n2)c2ccccc12. The molecule has 3 aromatic rings. The molecule has 112 valence electrons. The molecule has 1 heterocycles. The van der Waals surface area contributed by atoms with Crippen LogP contribution in [0.3, 0.4) is 0 Å². The molecule has 0 saturated carbocycles. The maximum Gasteiger partial charge on any atom is 0.273 e. The van der Waals surface area contributed by atoms with Gasteiger partial charge in [-0.15, -0.1) is 0 Å². The first-order valence-electron chi connectivity index (χ1n) is 6.98. The lowest BCUT2D eigenvalue weighted by Crippen LogP contribution is -2.26. The maximum absolute atomic E-state index is 11.8. The van der Waals surface area contributed by atoms with E-state index in [0.29, 0.717) is 12.2 Å². The van der Waals surface area contributed by atoms with Crippen LogP contribution >= 0.6 is 0 Å². The highest BCUT2D eigenvalue weighted by Gasteiger charge is 2.09. The second-order valence-corrected chi connectivity index (χ2v) is 4.83.